The maximum absolute atomic E-state index is 13.8. The predicted octanol–water partition coefficient (Wildman–Crippen LogP) is 4.40. The summed E-state index contributed by atoms with van der Waals surface area (Å²) in [5.41, 5.74) is 2.03. The van der Waals surface area contributed by atoms with Gasteiger partial charge < -0.3 is 10.2 Å². The number of hydrogen-bond donors (Lipinski definition) is 1. The number of nitrogens with zero attached hydrogens (tertiary/aromatic N) is 3. The Labute approximate surface area is 216 Å². The fourth-order valence-corrected chi connectivity index (χ4v) is 5.82. The first-order valence-corrected chi connectivity index (χ1v) is 12.0. The third kappa shape index (κ3) is 3.50. The van der Waals surface area contributed by atoms with Gasteiger partial charge in [-0.05, 0) is 41.5 Å². The number of amides is 3. The van der Waals surface area contributed by atoms with Crippen molar-refractivity contribution in [3.05, 3.63) is 105 Å². The van der Waals surface area contributed by atoms with E-state index < -0.39 is 40.7 Å². The molecule has 0 radical (unpaired) electrons. The maximum Gasteiger partial charge on any atom is 0.289 e. The number of nitrogens with one attached hydrogen (secondary N) is 1. The van der Waals surface area contributed by atoms with Gasteiger partial charge in [0.15, 0.2) is 0 Å². The summed E-state index contributed by atoms with van der Waals surface area (Å²) >= 11 is 5.92. The topological polar surface area (TPSA) is 113 Å². The minimum atomic E-state index is -1.01. The first-order chi connectivity index (χ1) is 17.9. The van der Waals surface area contributed by atoms with Crippen LogP contribution in [0.2, 0.25) is 5.02 Å². The largest absolute Gasteiger partial charge is 0.357 e. The molecular weight excluding hydrogens is 496 g/mol. The fraction of sp³-hybridized carbons (Fsp3) is 0.148. The van der Waals surface area contributed by atoms with Gasteiger partial charge in [-0.3, -0.25) is 24.5 Å². The highest BCUT2D eigenvalue weighted by Crippen LogP contribution is 2.53. The highest BCUT2D eigenvalue weighted by Gasteiger charge is 2.64. The summed E-state index contributed by atoms with van der Waals surface area (Å²) in [5, 5.41) is 14.0. The van der Waals surface area contributed by atoms with Crippen LogP contribution >= 0.6 is 11.6 Å². The van der Waals surface area contributed by atoms with Crippen molar-refractivity contribution in [1.82, 2.24) is 4.90 Å². The Morgan fingerprint density at radius 1 is 0.946 bits per heavy atom. The van der Waals surface area contributed by atoms with Crippen molar-refractivity contribution in [2.24, 2.45) is 11.8 Å². The molecule has 3 aliphatic rings. The van der Waals surface area contributed by atoms with Gasteiger partial charge in [0.25, 0.3) is 5.69 Å². The standard InChI is InChI=1S/C27H19ClN4O5/c28-19-11-10-16(14-20(19)32(36)37)29-25(33)24-22-21(23-18-9-5-4-6-15(18)12-13-30(23)24)26(34)31(27(22)35)17-7-2-1-3-8-17/h1-14,21-24H,(H,29,33)/t21-,22+,23-,24-/m0/s1. The van der Waals surface area contributed by atoms with Crippen LogP contribution in [0.3, 0.4) is 0 Å². The molecule has 4 atom stereocenters. The number of anilines is 2. The molecule has 3 aliphatic heterocycles. The summed E-state index contributed by atoms with van der Waals surface area (Å²) in [7, 11) is 0. The second-order valence-electron chi connectivity index (χ2n) is 9.09. The van der Waals surface area contributed by atoms with E-state index >= 15 is 0 Å². The Bertz CT molecular complexity index is 1510. The van der Waals surface area contributed by atoms with Crippen molar-refractivity contribution in [2.75, 3.05) is 10.2 Å². The van der Waals surface area contributed by atoms with Crippen molar-refractivity contribution < 1.29 is 19.3 Å². The summed E-state index contributed by atoms with van der Waals surface area (Å²) in [6.07, 6.45) is 3.59. The molecule has 10 heteroatoms. The number of halogens is 1. The van der Waals surface area contributed by atoms with Crippen LogP contribution in [0.4, 0.5) is 17.1 Å². The summed E-state index contributed by atoms with van der Waals surface area (Å²) in [6, 6.07) is 18.6. The van der Waals surface area contributed by atoms with E-state index in [1.165, 1.54) is 23.1 Å². The zero-order valence-electron chi connectivity index (χ0n) is 19.2. The average molecular weight is 515 g/mol. The van der Waals surface area contributed by atoms with Gasteiger partial charge in [0.2, 0.25) is 17.7 Å². The van der Waals surface area contributed by atoms with Gasteiger partial charge in [-0.2, -0.15) is 0 Å². The van der Waals surface area contributed by atoms with Crippen LogP contribution in [0.15, 0.2) is 79.0 Å². The molecule has 184 valence electrons. The molecule has 0 saturated carbocycles. The predicted molar refractivity (Wildman–Crippen MR) is 136 cm³/mol. The van der Waals surface area contributed by atoms with Crippen LogP contribution in [0.25, 0.3) is 6.08 Å². The summed E-state index contributed by atoms with van der Waals surface area (Å²) in [5.74, 6) is -3.10. The maximum atomic E-state index is 13.8. The summed E-state index contributed by atoms with van der Waals surface area (Å²) in [6.45, 7) is 0. The molecule has 2 fully saturated rings. The lowest BCUT2D eigenvalue weighted by atomic mass is 9.84. The van der Waals surface area contributed by atoms with Gasteiger partial charge in [0.1, 0.15) is 11.1 Å². The van der Waals surface area contributed by atoms with Crippen LogP contribution < -0.4 is 10.2 Å². The van der Waals surface area contributed by atoms with E-state index in [1.807, 2.05) is 30.3 Å². The quantitative estimate of drug-likeness (QED) is 0.313. The molecule has 6 rings (SSSR count). The fourth-order valence-electron chi connectivity index (χ4n) is 5.64. The highest BCUT2D eigenvalue weighted by atomic mass is 35.5. The molecule has 0 spiro atoms. The molecule has 0 bridgehead atoms. The molecule has 2 saturated heterocycles. The SMILES string of the molecule is O=C(Nc1ccc(Cl)c([N+](=O)[O-])c1)[C@@H]1[C@@H]2C(=O)N(c3ccccc3)C(=O)[C@@H]2[C@@H]2c3ccccc3C=CN12. The van der Waals surface area contributed by atoms with Crippen molar-refractivity contribution in [3.8, 4) is 0 Å². The number of rotatable bonds is 4. The first-order valence-electron chi connectivity index (χ1n) is 11.6. The summed E-state index contributed by atoms with van der Waals surface area (Å²) in [4.78, 5) is 54.9. The Morgan fingerprint density at radius 2 is 1.65 bits per heavy atom. The van der Waals surface area contributed by atoms with Gasteiger partial charge in [-0.15, -0.1) is 0 Å². The lowest BCUT2D eigenvalue weighted by Gasteiger charge is -2.35. The van der Waals surface area contributed by atoms with E-state index in [0.29, 0.717) is 5.69 Å². The number of nitro benzene ring substituents is 1. The van der Waals surface area contributed by atoms with E-state index in [4.69, 9.17) is 11.6 Å². The number of para-hydroxylation sites is 1. The van der Waals surface area contributed by atoms with Crippen LogP contribution in [0, 0.1) is 22.0 Å². The normalized spacial score (nSPS) is 23.5. The minimum absolute atomic E-state index is 0.0605. The molecule has 0 unspecified atom stereocenters. The first kappa shape index (κ1) is 22.9. The van der Waals surface area contributed by atoms with Crippen molar-refractivity contribution in [3.63, 3.8) is 0 Å². The zero-order valence-corrected chi connectivity index (χ0v) is 19.9. The van der Waals surface area contributed by atoms with Crippen molar-refractivity contribution in [2.45, 2.75) is 12.1 Å². The molecule has 3 heterocycles. The van der Waals surface area contributed by atoms with E-state index in [2.05, 4.69) is 5.32 Å². The van der Waals surface area contributed by atoms with Gasteiger partial charge >= 0.3 is 0 Å². The van der Waals surface area contributed by atoms with Gasteiger partial charge in [-0.25, -0.2) is 4.90 Å². The smallest absolute Gasteiger partial charge is 0.289 e. The lowest BCUT2D eigenvalue weighted by molar-refractivity contribution is -0.384. The summed E-state index contributed by atoms with van der Waals surface area (Å²) < 4.78 is 0. The van der Waals surface area contributed by atoms with Crippen LogP contribution in [-0.2, 0) is 14.4 Å². The van der Waals surface area contributed by atoms with Gasteiger partial charge in [0.05, 0.1) is 28.5 Å². The molecular formula is C27H19ClN4O5. The molecule has 0 aromatic heterocycles. The van der Waals surface area contributed by atoms with Gasteiger partial charge in [0, 0.05) is 18.0 Å². The number of carbonyl (C=O) groups excluding carboxylic acids is 3. The Balaban J connectivity index is 1.42. The highest BCUT2D eigenvalue weighted by molar-refractivity contribution is 6.32. The van der Waals surface area contributed by atoms with Crippen LogP contribution in [0.5, 0.6) is 0 Å². The number of fused-ring (bicyclic) bond motifs is 5. The molecule has 3 amide bonds. The van der Waals surface area contributed by atoms with E-state index in [9.17, 15) is 24.5 Å². The number of imide groups is 1. The zero-order chi connectivity index (χ0) is 25.8. The number of benzene rings is 3. The average Bonchev–Trinajstić information content (AvgIpc) is 3.38. The van der Waals surface area contributed by atoms with Gasteiger partial charge in [-0.1, -0.05) is 54.1 Å². The Kier molecular flexibility index (Phi) is 5.31. The van der Waals surface area contributed by atoms with Crippen LogP contribution in [-0.4, -0.2) is 33.6 Å². The van der Waals surface area contributed by atoms with E-state index in [0.717, 1.165) is 11.1 Å². The minimum Gasteiger partial charge on any atom is -0.357 e. The number of hydrogen-bond acceptors (Lipinski definition) is 6. The van der Waals surface area contributed by atoms with E-state index in [1.54, 1.807) is 41.4 Å². The van der Waals surface area contributed by atoms with Crippen LogP contribution in [0.1, 0.15) is 17.2 Å². The third-order valence-electron chi connectivity index (χ3n) is 7.15. The molecule has 9 nitrogen and oxygen atoms in total. The van der Waals surface area contributed by atoms with E-state index in [-0.39, 0.29) is 22.3 Å². The monoisotopic (exact) mass is 514 g/mol. The second-order valence-corrected chi connectivity index (χ2v) is 9.50. The third-order valence-corrected chi connectivity index (χ3v) is 7.47. The lowest BCUT2D eigenvalue weighted by Crippen LogP contribution is -2.46. The Hall–Kier alpha value is -4.50. The van der Waals surface area contributed by atoms with Crippen molar-refractivity contribution >= 4 is 52.5 Å². The Morgan fingerprint density at radius 3 is 2.41 bits per heavy atom. The molecule has 0 aliphatic carbocycles. The molecule has 3 aromatic rings. The molecule has 1 N–H and O–H groups in total. The van der Waals surface area contributed by atoms with Crippen molar-refractivity contribution in [1.29, 1.82) is 0 Å². The number of nitro groups is 1. The molecule has 37 heavy (non-hydrogen) atoms. The second kappa shape index (κ2) is 8.56. The number of carbonyl (C=O) groups is 3. The molecule has 3 aromatic carbocycles.